The van der Waals surface area contributed by atoms with E-state index in [4.69, 9.17) is 0 Å². The van der Waals surface area contributed by atoms with Crippen molar-refractivity contribution < 1.29 is 64.4 Å². The number of hydrogen-bond donors (Lipinski definition) is 0. The molecule has 0 radical (unpaired) electrons. The molecule has 0 N–H and O–H groups in total. The van der Waals surface area contributed by atoms with Crippen molar-refractivity contribution in [3.8, 4) is 0 Å². The van der Waals surface area contributed by atoms with Gasteiger partial charge in [-0.1, -0.05) is 50.5 Å². The van der Waals surface area contributed by atoms with Crippen molar-refractivity contribution in [1.29, 1.82) is 0 Å². The molecule has 2 aromatic carbocycles. The predicted octanol–water partition coefficient (Wildman–Crippen LogP) is 0.871. The van der Waals surface area contributed by atoms with Gasteiger partial charge in [0.25, 0.3) is 0 Å². The molecule has 0 fully saturated rings. The van der Waals surface area contributed by atoms with Crippen LogP contribution in [-0.2, 0) is 16.5 Å². The molecule has 21 heavy (non-hydrogen) atoms. The van der Waals surface area contributed by atoms with E-state index in [1.54, 1.807) is 6.07 Å². The van der Waals surface area contributed by atoms with E-state index in [-0.39, 0.29) is 56.3 Å². The molecule has 5 heteroatoms. The second-order valence-corrected chi connectivity index (χ2v) is 6.44. The van der Waals surface area contributed by atoms with Gasteiger partial charge in [0.05, 0.1) is 4.90 Å². The Labute approximate surface area is 169 Å². The van der Waals surface area contributed by atoms with Crippen molar-refractivity contribution >= 4 is 20.9 Å². The summed E-state index contributed by atoms with van der Waals surface area (Å²) in [6, 6.07) is 10.5. The molecule has 0 spiro atoms. The maximum atomic E-state index is 11.1. The SMILES string of the molecule is CCCCCCc1cccc2ccc(S(=O)(=O)[O-])cc12.[K+]. The van der Waals surface area contributed by atoms with Crippen LogP contribution in [0.4, 0.5) is 0 Å². The minimum absolute atomic E-state index is 0. The van der Waals surface area contributed by atoms with Crippen LogP contribution in [0, 0.1) is 0 Å². The van der Waals surface area contributed by atoms with Gasteiger partial charge in [-0.15, -0.1) is 0 Å². The largest absolute Gasteiger partial charge is 1.00 e. The van der Waals surface area contributed by atoms with Gasteiger partial charge in [0.2, 0.25) is 0 Å². The van der Waals surface area contributed by atoms with E-state index in [0.29, 0.717) is 0 Å². The van der Waals surface area contributed by atoms with Crippen LogP contribution in [-0.4, -0.2) is 13.0 Å². The number of hydrogen-bond acceptors (Lipinski definition) is 3. The van der Waals surface area contributed by atoms with Gasteiger partial charge in [-0.2, -0.15) is 0 Å². The Morgan fingerprint density at radius 2 is 1.81 bits per heavy atom. The fourth-order valence-corrected chi connectivity index (χ4v) is 2.93. The monoisotopic (exact) mass is 330 g/mol. The Hall–Kier alpha value is 0.246. The molecule has 2 rings (SSSR count). The van der Waals surface area contributed by atoms with Crippen LogP contribution < -0.4 is 51.4 Å². The fraction of sp³-hybridized carbons (Fsp3) is 0.375. The van der Waals surface area contributed by atoms with Crippen LogP contribution in [0.3, 0.4) is 0 Å². The van der Waals surface area contributed by atoms with Gasteiger partial charge in [-0.3, -0.25) is 0 Å². The van der Waals surface area contributed by atoms with Gasteiger partial charge in [0.15, 0.2) is 0 Å². The average molecular weight is 330 g/mol. The normalized spacial score (nSPS) is 11.3. The Morgan fingerprint density at radius 3 is 2.48 bits per heavy atom. The molecule has 0 aliphatic carbocycles. The molecule has 3 nitrogen and oxygen atoms in total. The first-order chi connectivity index (χ1) is 9.52. The van der Waals surface area contributed by atoms with Crippen molar-refractivity contribution in [1.82, 2.24) is 0 Å². The second-order valence-electron chi connectivity index (χ2n) is 5.06. The van der Waals surface area contributed by atoms with Gasteiger partial charge >= 0.3 is 51.4 Å². The molecule has 0 saturated heterocycles. The molecule has 0 atom stereocenters. The van der Waals surface area contributed by atoms with Gasteiger partial charge < -0.3 is 4.55 Å². The first-order valence-electron chi connectivity index (χ1n) is 7.00. The van der Waals surface area contributed by atoms with Gasteiger partial charge in [0, 0.05) is 0 Å². The summed E-state index contributed by atoms with van der Waals surface area (Å²) in [5.41, 5.74) is 1.11. The van der Waals surface area contributed by atoms with Crippen molar-refractivity contribution in [3.63, 3.8) is 0 Å². The minimum atomic E-state index is -4.39. The standard InChI is InChI=1S/C16H20O3S.K/c1-2-3-4-5-7-13-8-6-9-14-10-11-15(12-16(13)14)20(17,18)19;/h6,8-12H,2-5,7H2,1H3,(H,17,18,19);/q;+1/p-1. The molecule has 0 saturated carbocycles. The van der Waals surface area contributed by atoms with Gasteiger partial charge in [-0.05, 0) is 41.3 Å². The Balaban J connectivity index is 0.00000220. The first-order valence-corrected chi connectivity index (χ1v) is 8.41. The van der Waals surface area contributed by atoms with E-state index >= 15 is 0 Å². The first kappa shape index (κ1) is 19.3. The smallest absolute Gasteiger partial charge is 0.744 e. The van der Waals surface area contributed by atoms with E-state index in [1.807, 2.05) is 18.2 Å². The summed E-state index contributed by atoms with van der Waals surface area (Å²) in [5, 5.41) is 1.85. The topological polar surface area (TPSA) is 57.2 Å². The van der Waals surface area contributed by atoms with Crippen molar-refractivity contribution in [2.75, 3.05) is 0 Å². The van der Waals surface area contributed by atoms with E-state index in [9.17, 15) is 13.0 Å². The summed E-state index contributed by atoms with van der Waals surface area (Å²) < 4.78 is 33.4. The molecule has 0 aromatic heterocycles. The zero-order valence-electron chi connectivity index (χ0n) is 12.6. The third-order valence-corrected chi connectivity index (χ3v) is 4.36. The number of aryl methyl sites for hydroxylation is 1. The summed E-state index contributed by atoms with van der Waals surface area (Å²) >= 11 is 0. The molecule has 0 unspecified atom stereocenters. The van der Waals surface area contributed by atoms with Crippen LogP contribution in [0.25, 0.3) is 10.8 Å². The molecule has 2 aromatic rings. The summed E-state index contributed by atoms with van der Waals surface area (Å²) in [6.45, 7) is 2.17. The number of fused-ring (bicyclic) bond motifs is 1. The average Bonchev–Trinajstić information content (AvgIpc) is 2.42. The molecule has 0 heterocycles. The molecule has 0 bridgehead atoms. The van der Waals surface area contributed by atoms with Crippen molar-refractivity contribution in [2.45, 2.75) is 43.9 Å². The van der Waals surface area contributed by atoms with E-state index in [2.05, 4.69) is 6.92 Å². The number of benzene rings is 2. The third kappa shape index (κ3) is 5.43. The van der Waals surface area contributed by atoms with Gasteiger partial charge in [0.1, 0.15) is 10.1 Å². The summed E-state index contributed by atoms with van der Waals surface area (Å²) in [7, 11) is -4.39. The second kappa shape index (κ2) is 8.77. The van der Waals surface area contributed by atoms with E-state index in [1.165, 1.54) is 31.4 Å². The summed E-state index contributed by atoms with van der Waals surface area (Å²) in [6.07, 6.45) is 5.58. The Morgan fingerprint density at radius 1 is 1.05 bits per heavy atom. The van der Waals surface area contributed by atoms with Crippen LogP contribution in [0.5, 0.6) is 0 Å². The maximum absolute atomic E-state index is 11.1. The zero-order chi connectivity index (χ0) is 14.6. The minimum Gasteiger partial charge on any atom is -0.744 e. The Kier molecular flexibility index (Phi) is 8.06. The summed E-state index contributed by atoms with van der Waals surface area (Å²) in [5.74, 6) is 0. The van der Waals surface area contributed by atoms with Crippen LogP contribution in [0.2, 0.25) is 0 Å². The van der Waals surface area contributed by atoms with Crippen LogP contribution in [0.15, 0.2) is 41.3 Å². The fourth-order valence-electron chi connectivity index (χ4n) is 2.43. The van der Waals surface area contributed by atoms with Gasteiger partial charge in [-0.25, -0.2) is 8.42 Å². The quantitative estimate of drug-likeness (QED) is 0.449. The Bertz CT molecular complexity index is 696. The molecule has 108 valence electrons. The maximum Gasteiger partial charge on any atom is 1.00 e. The molecule has 0 aliphatic rings. The number of rotatable bonds is 6. The zero-order valence-corrected chi connectivity index (χ0v) is 16.6. The molecular formula is C16H19KO3S. The predicted molar refractivity (Wildman–Crippen MR) is 79.8 cm³/mol. The van der Waals surface area contributed by atoms with E-state index < -0.39 is 10.1 Å². The van der Waals surface area contributed by atoms with Crippen LogP contribution >= 0.6 is 0 Å². The summed E-state index contributed by atoms with van der Waals surface area (Å²) in [4.78, 5) is -0.147. The van der Waals surface area contributed by atoms with Crippen molar-refractivity contribution in [3.05, 3.63) is 42.0 Å². The van der Waals surface area contributed by atoms with Crippen LogP contribution in [0.1, 0.15) is 38.2 Å². The molecule has 0 aliphatic heterocycles. The van der Waals surface area contributed by atoms with Crippen molar-refractivity contribution in [2.24, 2.45) is 0 Å². The molecule has 0 amide bonds. The third-order valence-electron chi connectivity index (χ3n) is 3.53. The molecular weight excluding hydrogens is 311 g/mol. The van der Waals surface area contributed by atoms with E-state index in [0.717, 1.165) is 29.2 Å². The number of unbranched alkanes of at least 4 members (excludes halogenated alkanes) is 3.